The highest BCUT2D eigenvalue weighted by Crippen LogP contribution is 2.28. The Morgan fingerprint density at radius 1 is 0.929 bits per heavy atom. The summed E-state index contributed by atoms with van der Waals surface area (Å²) in [6.45, 7) is 3.90. The lowest BCUT2D eigenvalue weighted by molar-refractivity contribution is -0.137. The van der Waals surface area contributed by atoms with E-state index in [9.17, 15) is 19.2 Å². The number of esters is 2. The number of carbonyl (C=O) groups excluding carboxylic acids is 3. The van der Waals surface area contributed by atoms with Crippen LogP contribution in [0, 0.1) is 5.92 Å². The van der Waals surface area contributed by atoms with Gasteiger partial charge in [0.25, 0.3) is 5.91 Å². The summed E-state index contributed by atoms with van der Waals surface area (Å²) in [5.41, 5.74) is 7.23. The predicted octanol–water partition coefficient (Wildman–Crippen LogP) is 5.50. The third-order valence-electron chi connectivity index (χ3n) is 6.00. The van der Waals surface area contributed by atoms with E-state index in [0.717, 1.165) is 6.42 Å². The Labute approximate surface area is 247 Å². The van der Waals surface area contributed by atoms with Crippen molar-refractivity contribution in [2.24, 2.45) is 21.9 Å². The van der Waals surface area contributed by atoms with E-state index < -0.39 is 23.8 Å². The quantitative estimate of drug-likeness (QED) is 0.101. The molecule has 0 aliphatic heterocycles. The summed E-state index contributed by atoms with van der Waals surface area (Å²) in [6, 6.07) is 16.9. The third kappa shape index (κ3) is 9.59. The van der Waals surface area contributed by atoms with Crippen molar-refractivity contribution in [2.75, 3.05) is 6.54 Å². The average Bonchev–Trinajstić information content (AvgIpc) is 2.96. The summed E-state index contributed by atoms with van der Waals surface area (Å²) in [7, 11) is 0. The van der Waals surface area contributed by atoms with Crippen LogP contribution in [-0.4, -0.2) is 40.5 Å². The maximum Gasteiger partial charge on any atom is 0.347 e. The first-order chi connectivity index (χ1) is 20.0. The Morgan fingerprint density at radius 3 is 2.17 bits per heavy atom. The molecule has 0 saturated carbocycles. The highest BCUT2D eigenvalue weighted by Gasteiger charge is 2.20. The van der Waals surface area contributed by atoms with Gasteiger partial charge in [-0.25, -0.2) is 4.79 Å². The molecule has 0 spiro atoms. The third-order valence-corrected chi connectivity index (χ3v) is 6.24. The van der Waals surface area contributed by atoms with Crippen molar-refractivity contribution in [1.82, 2.24) is 5.32 Å². The van der Waals surface area contributed by atoms with E-state index in [1.165, 1.54) is 30.3 Å². The molecule has 0 heterocycles. The lowest BCUT2D eigenvalue weighted by Gasteiger charge is -2.12. The maximum atomic E-state index is 13.1. The number of hydrogen-bond acceptors (Lipinski definition) is 9. The van der Waals surface area contributed by atoms with Crippen molar-refractivity contribution in [3.05, 3.63) is 83.4 Å². The van der Waals surface area contributed by atoms with Gasteiger partial charge in [0.2, 0.25) is 0 Å². The smallest absolute Gasteiger partial charge is 0.347 e. The van der Waals surface area contributed by atoms with Crippen LogP contribution in [0.2, 0.25) is 0 Å². The van der Waals surface area contributed by atoms with Gasteiger partial charge in [-0.1, -0.05) is 32.5 Å². The van der Waals surface area contributed by atoms with Crippen molar-refractivity contribution in [3.8, 4) is 11.5 Å². The van der Waals surface area contributed by atoms with Crippen molar-refractivity contribution in [1.29, 1.82) is 0 Å². The van der Waals surface area contributed by atoms with Gasteiger partial charge in [0, 0.05) is 24.1 Å². The molecule has 0 radical (unpaired) electrons. The number of nitrogens with zero attached hydrogens (tertiary/aromatic N) is 2. The van der Waals surface area contributed by atoms with E-state index in [0.29, 0.717) is 16.8 Å². The first-order valence-corrected chi connectivity index (χ1v) is 13.4. The van der Waals surface area contributed by atoms with Gasteiger partial charge in [0.15, 0.2) is 0 Å². The van der Waals surface area contributed by atoms with Crippen LogP contribution in [0.15, 0.2) is 77.0 Å². The molecular weight excluding hydrogens is 560 g/mol. The molecule has 1 atom stereocenters. The number of nitrogens with two attached hydrogens (primary N) is 1. The van der Waals surface area contributed by atoms with Gasteiger partial charge in [-0.15, -0.1) is 0 Å². The molecule has 0 aliphatic carbocycles. The molecule has 3 rings (SSSR count). The highest BCUT2D eigenvalue weighted by molar-refractivity contribution is 7.80. The second-order valence-corrected chi connectivity index (χ2v) is 9.74. The molecule has 0 aliphatic rings. The number of carboxylic acid groups (broad SMARTS) is 1. The van der Waals surface area contributed by atoms with E-state index in [-0.39, 0.29) is 53.0 Å². The number of azo groups is 1. The SMILES string of the molecule is CCC(C)CC(=O)Oc1ccc(/N=N/c2ccc(C(=O)NCCC(=O)O)cc2)cc1C(=O)Oc1ccc(C(N)=S)cc1. The zero-order valence-corrected chi connectivity index (χ0v) is 23.8. The van der Waals surface area contributed by atoms with Crippen LogP contribution in [0.4, 0.5) is 11.4 Å². The van der Waals surface area contributed by atoms with Gasteiger partial charge in [-0.2, -0.15) is 10.2 Å². The second kappa shape index (κ2) is 15.1. The van der Waals surface area contributed by atoms with Crippen LogP contribution < -0.4 is 20.5 Å². The fraction of sp³-hybridized carbons (Fsp3) is 0.233. The second-order valence-electron chi connectivity index (χ2n) is 9.30. The number of aliphatic carboxylic acids is 1. The fourth-order valence-corrected chi connectivity index (χ4v) is 3.59. The summed E-state index contributed by atoms with van der Waals surface area (Å²) in [5, 5.41) is 19.5. The van der Waals surface area contributed by atoms with E-state index in [4.69, 9.17) is 32.5 Å². The van der Waals surface area contributed by atoms with E-state index in [1.807, 2.05) is 13.8 Å². The molecule has 3 aromatic carbocycles. The molecule has 1 unspecified atom stereocenters. The molecule has 0 bridgehead atoms. The minimum atomic E-state index is -1.01. The van der Waals surface area contributed by atoms with Gasteiger partial charge in [0.1, 0.15) is 22.1 Å². The lowest BCUT2D eigenvalue weighted by atomic mass is 10.1. The molecule has 12 heteroatoms. The maximum absolute atomic E-state index is 13.1. The lowest BCUT2D eigenvalue weighted by Crippen LogP contribution is -2.25. The Bertz CT molecular complexity index is 1490. The molecule has 0 saturated heterocycles. The molecule has 0 fully saturated rings. The molecule has 11 nitrogen and oxygen atoms in total. The zero-order valence-electron chi connectivity index (χ0n) is 23.0. The summed E-state index contributed by atoms with van der Waals surface area (Å²) in [5.74, 6) is -2.33. The van der Waals surface area contributed by atoms with Crippen LogP contribution >= 0.6 is 12.2 Å². The highest BCUT2D eigenvalue weighted by atomic mass is 32.1. The summed E-state index contributed by atoms with van der Waals surface area (Å²) in [6.07, 6.45) is 0.793. The largest absolute Gasteiger partial charge is 0.481 e. The number of benzene rings is 3. The predicted molar refractivity (Wildman–Crippen MR) is 159 cm³/mol. The number of amides is 1. The molecule has 0 aromatic heterocycles. The van der Waals surface area contributed by atoms with Gasteiger partial charge in [0.05, 0.1) is 17.8 Å². The van der Waals surface area contributed by atoms with Crippen molar-refractivity contribution < 1.29 is 33.8 Å². The number of hydrogen-bond donors (Lipinski definition) is 3. The first kappa shape index (κ1) is 31.6. The molecule has 1 amide bonds. The monoisotopic (exact) mass is 590 g/mol. The topological polar surface area (TPSA) is 170 Å². The fourth-order valence-electron chi connectivity index (χ4n) is 3.45. The van der Waals surface area contributed by atoms with Crippen molar-refractivity contribution in [2.45, 2.75) is 33.1 Å². The van der Waals surface area contributed by atoms with Gasteiger partial charge >= 0.3 is 17.9 Å². The number of thiocarbonyl (C=S) groups is 1. The van der Waals surface area contributed by atoms with Crippen molar-refractivity contribution >= 4 is 52.4 Å². The van der Waals surface area contributed by atoms with Crippen molar-refractivity contribution in [3.63, 3.8) is 0 Å². The minimum absolute atomic E-state index is 0.0103. The molecule has 218 valence electrons. The van der Waals surface area contributed by atoms with E-state index in [1.54, 1.807) is 36.4 Å². The number of carboxylic acids is 1. The molecule has 42 heavy (non-hydrogen) atoms. The molecule has 4 N–H and O–H groups in total. The Balaban J connectivity index is 1.80. The molecular formula is C30H30N4O7S. The summed E-state index contributed by atoms with van der Waals surface area (Å²) < 4.78 is 11.0. The van der Waals surface area contributed by atoms with Crippen LogP contribution in [0.3, 0.4) is 0 Å². The van der Waals surface area contributed by atoms with Crippen LogP contribution in [-0.2, 0) is 9.59 Å². The summed E-state index contributed by atoms with van der Waals surface area (Å²) in [4.78, 5) is 48.6. The zero-order chi connectivity index (χ0) is 30.6. The standard InChI is InChI=1S/C30H30N4O7S/c1-3-18(2)16-27(37)41-25-13-10-22(17-24(25)30(39)40-23-11-6-19(7-12-23)28(31)42)34-33-21-8-4-20(5-9-21)29(38)32-15-14-26(35)36/h4-13,17-18H,3,14-16H2,1-2H3,(H2,31,42)(H,32,38)(H,35,36)/b34-33+. The van der Waals surface area contributed by atoms with Crippen LogP contribution in [0.5, 0.6) is 11.5 Å². The van der Waals surface area contributed by atoms with E-state index >= 15 is 0 Å². The Kier molecular flexibility index (Phi) is 11.4. The Morgan fingerprint density at radius 2 is 1.55 bits per heavy atom. The summed E-state index contributed by atoms with van der Waals surface area (Å²) >= 11 is 4.95. The van der Waals surface area contributed by atoms with Gasteiger partial charge < -0.3 is 25.6 Å². The average molecular weight is 591 g/mol. The number of carbonyl (C=O) groups is 4. The van der Waals surface area contributed by atoms with E-state index in [2.05, 4.69) is 15.5 Å². The number of ether oxygens (including phenoxy) is 2. The van der Waals surface area contributed by atoms with Gasteiger partial charge in [-0.05, 0) is 72.6 Å². The number of nitrogens with one attached hydrogen (secondary N) is 1. The normalized spacial score (nSPS) is 11.5. The number of rotatable bonds is 13. The van der Waals surface area contributed by atoms with Gasteiger partial charge in [-0.3, -0.25) is 14.4 Å². The van der Waals surface area contributed by atoms with Crippen LogP contribution in [0.25, 0.3) is 0 Å². The van der Waals surface area contributed by atoms with Crippen LogP contribution in [0.1, 0.15) is 59.4 Å². The minimum Gasteiger partial charge on any atom is -0.481 e. The molecule has 3 aromatic rings. The Hall–Kier alpha value is -4.97. The first-order valence-electron chi connectivity index (χ1n) is 13.0.